The van der Waals surface area contributed by atoms with E-state index < -0.39 is 0 Å². The lowest BCUT2D eigenvalue weighted by molar-refractivity contribution is -0.129. The summed E-state index contributed by atoms with van der Waals surface area (Å²) in [5.41, 5.74) is 3.78. The molecule has 1 aliphatic heterocycles. The van der Waals surface area contributed by atoms with E-state index in [2.05, 4.69) is 36.0 Å². The number of hydrogen-bond acceptors (Lipinski definition) is 6. The highest BCUT2D eigenvalue weighted by Gasteiger charge is 2.22. The Morgan fingerprint density at radius 2 is 1.84 bits per heavy atom. The molecule has 0 radical (unpaired) electrons. The van der Waals surface area contributed by atoms with Crippen LogP contribution in [0.5, 0.6) is 0 Å². The number of anilines is 1. The Morgan fingerprint density at radius 1 is 1.12 bits per heavy atom. The minimum absolute atomic E-state index is 0.0417. The number of rotatable bonds is 7. The predicted molar refractivity (Wildman–Crippen MR) is 129 cm³/mol. The summed E-state index contributed by atoms with van der Waals surface area (Å²) in [4.78, 5) is 37.6. The molecule has 2 amide bonds. The molecule has 1 aromatic heterocycles. The molecule has 0 atom stereocenters. The van der Waals surface area contributed by atoms with Gasteiger partial charge in [-0.05, 0) is 37.5 Å². The molecule has 0 aliphatic carbocycles. The number of piperazine rings is 1. The van der Waals surface area contributed by atoms with Crippen molar-refractivity contribution in [2.45, 2.75) is 45.5 Å². The number of aryl methyl sites for hydroxylation is 1. The summed E-state index contributed by atoms with van der Waals surface area (Å²) in [6, 6.07) is 7.72. The van der Waals surface area contributed by atoms with Crippen molar-refractivity contribution in [3.8, 4) is 0 Å². The quantitative estimate of drug-likeness (QED) is 0.509. The second kappa shape index (κ2) is 10.8. The summed E-state index contributed by atoms with van der Waals surface area (Å²) in [7, 11) is 0. The minimum atomic E-state index is -0.0417. The molecular weight excluding hydrogens is 422 g/mol. The van der Waals surface area contributed by atoms with E-state index in [1.807, 2.05) is 36.1 Å². The first-order chi connectivity index (χ1) is 15.2. The van der Waals surface area contributed by atoms with Crippen molar-refractivity contribution < 1.29 is 9.59 Å². The fourth-order valence-electron chi connectivity index (χ4n) is 3.54. The van der Waals surface area contributed by atoms with Gasteiger partial charge < -0.3 is 15.1 Å². The van der Waals surface area contributed by atoms with Crippen molar-refractivity contribution in [2.75, 3.05) is 37.6 Å². The number of amides is 2. The zero-order valence-electron chi connectivity index (χ0n) is 19.6. The third kappa shape index (κ3) is 6.22. The maximum atomic E-state index is 12.4. The normalized spacial score (nSPS) is 14.1. The minimum Gasteiger partial charge on any atom is -0.353 e. The second-order valence-corrected chi connectivity index (χ2v) is 9.57. The van der Waals surface area contributed by atoms with Crippen molar-refractivity contribution in [1.82, 2.24) is 20.2 Å². The van der Waals surface area contributed by atoms with Gasteiger partial charge in [-0.1, -0.05) is 37.7 Å². The van der Waals surface area contributed by atoms with Crippen LogP contribution in [0.2, 0.25) is 0 Å². The summed E-state index contributed by atoms with van der Waals surface area (Å²) >= 11 is 1.57. The van der Waals surface area contributed by atoms with E-state index in [0.717, 1.165) is 40.9 Å². The van der Waals surface area contributed by atoms with Crippen LogP contribution in [0.4, 0.5) is 5.82 Å². The molecule has 0 saturated carbocycles. The highest BCUT2D eigenvalue weighted by molar-refractivity contribution is 7.98. The Balaban J connectivity index is 1.68. The van der Waals surface area contributed by atoms with E-state index in [-0.39, 0.29) is 11.8 Å². The smallest absolute Gasteiger partial charge is 0.251 e. The number of thioether (sulfide) groups is 1. The summed E-state index contributed by atoms with van der Waals surface area (Å²) in [5.74, 6) is 2.13. The number of nitrogens with zero attached hydrogens (tertiary/aromatic N) is 4. The van der Waals surface area contributed by atoms with Gasteiger partial charge in [0.15, 0.2) is 5.16 Å². The van der Waals surface area contributed by atoms with Gasteiger partial charge in [0.2, 0.25) is 5.91 Å². The number of carbonyl (C=O) groups excluding carboxylic acids is 2. The summed E-state index contributed by atoms with van der Waals surface area (Å²) in [6.07, 6.45) is 0. The van der Waals surface area contributed by atoms with Crippen LogP contribution in [0.25, 0.3) is 0 Å². The van der Waals surface area contributed by atoms with Crippen LogP contribution in [0.1, 0.15) is 48.0 Å². The molecule has 2 aromatic rings. The molecule has 1 fully saturated rings. The van der Waals surface area contributed by atoms with Gasteiger partial charge in [-0.3, -0.25) is 9.59 Å². The second-order valence-electron chi connectivity index (χ2n) is 8.63. The zero-order chi connectivity index (χ0) is 23.3. The third-order valence-electron chi connectivity index (χ3n) is 5.60. The molecule has 0 spiro atoms. The third-order valence-corrected chi connectivity index (χ3v) is 6.51. The molecule has 7 nitrogen and oxygen atoms in total. The topological polar surface area (TPSA) is 78.4 Å². The van der Waals surface area contributed by atoms with Crippen LogP contribution >= 0.6 is 11.8 Å². The summed E-state index contributed by atoms with van der Waals surface area (Å²) < 4.78 is 0. The van der Waals surface area contributed by atoms with E-state index in [1.54, 1.807) is 18.7 Å². The van der Waals surface area contributed by atoms with E-state index in [4.69, 9.17) is 4.98 Å². The molecule has 32 heavy (non-hydrogen) atoms. The molecule has 1 aliphatic rings. The summed E-state index contributed by atoms with van der Waals surface area (Å²) in [5, 5.41) is 3.69. The standard InChI is InChI=1S/C24H33N5O2S/c1-16(2)14-25-23(31)21-8-6-7-20(13-21)15-32-24-26-18(4)17(3)22(27-24)29-11-9-28(10-12-29)19(5)30/h6-8,13,16H,9-12,14-15H2,1-5H3,(H,25,31). The van der Waals surface area contributed by atoms with Gasteiger partial charge in [-0.2, -0.15) is 0 Å². The lowest BCUT2D eigenvalue weighted by atomic mass is 10.1. The molecule has 3 rings (SSSR count). The number of benzene rings is 1. The van der Waals surface area contributed by atoms with Crippen LogP contribution in [-0.2, 0) is 10.5 Å². The Hall–Kier alpha value is -2.61. The van der Waals surface area contributed by atoms with Gasteiger partial charge in [0.1, 0.15) is 5.82 Å². The van der Waals surface area contributed by atoms with Crippen molar-refractivity contribution in [3.05, 3.63) is 46.6 Å². The van der Waals surface area contributed by atoms with Gasteiger partial charge in [-0.15, -0.1) is 0 Å². The van der Waals surface area contributed by atoms with Gasteiger partial charge >= 0.3 is 0 Å². The molecule has 1 saturated heterocycles. The molecule has 0 unspecified atom stereocenters. The van der Waals surface area contributed by atoms with Gasteiger partial charge in [0.05, 0.1) is 0 Å². The Kier molecular flexibility index (Phi) is 8.12. The van der Waals surface area contributed by atoms with Gasteiger partial charge in [-0.25, -0.2) is 9.97 Å². The van der Waals surface area contributed by atoms with Gasteiger partial charge in [0.25, 0.3) is 5.91 Å². The first kappa shape index (κ1) is 24.0. The fraction of sp³-hybridized carbons (Fsp3) is 0.500. The maximum absolute atomic E-state index is 12.4. The monoisotopic (exact) mass is 455 g/mol. The van der Waals surface area contributed by atoms with E-state index in [1.165, 1.54) is 0 Å². The number of nitrogens with one attached hydrogen (secondary N) is 1. The first-order valence-electron chi connectivity index (χ1n) is 11.1. The molecule has 172 valence electrons. The Morgan fingerprint density at radius 3 is 2.50 bits per heavy atom. The Bertz CT molecular complexity index is 971. The maximum Gasteiger partial charge on any atom is 0.251 e. The van der Waals surface area contributed by atoms with Crippen LogP contribution < -0.4 is 10.2 Å². The molecule has 8 heteroatoms. The van der Waals surface area contributed by atoms with Crippen LogP contribution in [0.15, 0.2) is 29.4 Å². The zero-order valence-corrected chi connectivity index (χ0v) is 20.5. The highest BCUT2D eigenvalue weighted by Crippen LogP contribution is 2.27. The largest absolute Gasteiger partial charge is 0.353 e. The summed E-state index contributed by atoms with van der Waals surface area (Å²) in [6.45, 7) is 13.5. The first-order valence-corrected chi connectivity index (χ1v) is 12.1. The average molecular weight is 456 g/mol. The molecule has 1 aromatic carbocycles. The fourth-order valence-corrected chi connectivity index (χ4v) is 4.37. The van der Waals surface area contributed by atoms with Crippen LogP contribution in [0, 0.1) is 19.8 Å². The lowest BCUT2D eigenvalue weighted by Gasteiger charge is -2.35. The molecular formula is C24H33N5O2S. The number of hydrogen-bond donors (Lipinski definition) is 1. The van der Waals surface area contributed by atoms with Crippen molar-refractivity contribution in [1.29, 1.82) is 0 Å². The molecule has 2 heterocycles. The SMILES string of the molecule is CC(=O)N1CCN(c2nc(SCc3cccc(C(=O)NCC(C)C)c3)nc(C)c2C)CC1. The number of aromatic nitrogens is 2. The van der Waals surface area contributed by atoms with Crippen molar-refractivity contribution >= 4 is 29.4 Å². The van der Waals surface area contributed by atoms with E-state index >= 15 is 0 Å². The average Bonchev–Trinajstić information content (AvgIpc) is 2.78. The highest BCUT2D eigenvalue weighted by atomic mass is 32.2. The molecule has 0 bridgehead atoms. The van der Waals surface area contributed by atoms with Gasteiger partial charge in [0, 0.05) is 62.2 Å². The lowest BCUT2D eigenvalue weighted by Crippen LogP contribution is -2.48. The van der Waals surface area contributed by atoms with E-state index in [0.29, 0.717) is 36.9 Å². The predicted octanol–water partition coefficient (Wildman–Crippen LogP) is 3.44. The van der Waals surface area contributed by atoms with E-state index in [9.17, 15) is 9.59 Å². The molecule has 1 N–H and O–H groups in total. The Labute approximate surface area is 195 Å². The van der Waals surface area contributed by atoms with Crippen molar-refractivity contribution in [3.63, 3.8) is 0 Å². The van der Waals surface area contributed by atoms with Crippen LogP contribution in [0.3, 0.4) is 0 Å². The number of carbonyl (C=O) groups is 2. The van der Waals surface area contributed by atoms with Crippen molar-refractivity contribution in [2.24, 2.45) is 5.92 Å². The van der Waals surface area contributed by atoms with Crippen LogP contribution in [-0.4, -0.2) is 59.4 Å².